The monoisotopic (exact) mass is 361 g/mol. The molecule has 7 nitrogen and oxygen atoms in total. The van der Waals surface area contributed by atoms with Crippen molar-refractivity contribution in [2.24, 2.45) is 0 Å². The van der Waals surface area contributed by atoms with Crippen LogP contribution in [-0.2, 0) is 11.2 Å². The molecular formula is C19H23NO6. The number of aliphatic carboxylic acids is 1. The molecular weight excluding hydrogens is 338 g/mol. The Hall–Kier alpha value is -2.77. The van der Waals surface area contributed by atoms with Crippen molar-refractivity contribution >= 4 is 5.97 Å². The Balaban J connectivity index is 1.83. The Morgan fingerprint density at radius 1 is 1.15 bits per heavy atom. The number of carboxylic acids is 1. The molecule has 7 heteroatoms. The number of hydrogen-bond donors (Lipinski definition) is 5. The normalized spacial score (nSPS) is 13.2. The van der Waals surface area contributed by atoms with Crippen LogP contribution in [-0.4, -0.2) is 45.6 Å². The number of hydrogen-bond acceptors (Lipinski definition) is 6. The summed E-state index contributed by atoms with van der Waals surface area (Å²) in [7, 11) is 0. The molecule has 140 valence electrons. The first-order chi connectivity index (χ1) is 12.4. The fraction of sp³-hybridized carbons (Fsp3) is 0.316. The van der Waals surface area contributed by atoms with Gasteiger partial charge in [-0.05, 0) is 55.3 Å². The van der Waals surface area contributed by atoms with Crippen LogP contribution in [0.3, 0.4) is 0 Å². The summed E-state index contributed by atoms with van der Waals surface area (Å²) in [5.74, 6) is -0.947. The van der Waals surface area contributed by atoms with E-state index in [1.54, 1.807) is 18.2 Å². The van der Waals surface area contributed by atoms with Gasteiger partial charge in [-0.3, -0.25) is 0 Å². The SMILES string of the molecule is C[C@H](NCCc1ccc(OCC(=O)O)c(O)c1)[C@H](O)c1ccc(O)cc1. The number of carboxylic acid groups (broad SMARTS) is 1. The molecule has 0 aromatic heterocycles. The summed E-state index contributed by atoms with van der Waals surface area (Å²) in [6.45, 7) is 1.92. The molecule has 0 radical (unpaired) electrons. The third-order valence-corrected chi connectivity index (χ3v) is 3.96. The zero-order chi connectivity index (χ0) is 19.1. The topological polar surface area (TPSA) is 119 Å². The maximum atomic E-state index is 10.5. The van der Waals surface area contributed by atoms with E-state index >= 15 is 0 Å². The van der Waals surface area contributed by atoms with Crippen molar-refractivity contribution in [2.75, 3.05) is 13.2 Å². The van der Waals surface area contributed by atoms with Gasteiger partial charge in [-0.1, -0.05) is 18.2 Å². The fourth-order valence-corrected chi connectivity index (χ4v) is 2.50. The van der Waals surface area contributed by atoms with E-state index in [0.29, 0.717) is 18.5 Å². The molecule has 0 aliphatic carbocycles. The van der Waals surface area contributed by atoms with Crippen molar-refractivity contribution < 1.29 is 30.0 Å². The molecule has 2 atom stereocenters. The maximum Gasteiger partial charge on any atom is 0.341 e. The summed E-state index contributed by atoms with van der Waals surface area (Å²) in [6, 6.07) is 11.0. The smallest absolute Gasteiger partial charge is 0.341 e. The van der Waals surface area contributed by atoms with Crippen molar-refractivity contribution in [3.63, 3.8) is 0 Å². The minimum Gasteiger partial charge on any atom is -0.508 e. The number of phenols is 2. The third kappa shape index (κ3) is 5.65. The van der Waals surface area contributed by atoms with Gasteiger partial charge in [0.15, 0.2) is 18.1 Å². The van der Waals surface area contributed by atoms with E-state index in [9.17, 15) is 20.1 Å². The number of phenolic OH excluding ortho intramolecular Hbond substituents is 2. The van der Waals surface area contributed by atoms with Crippen LogP contribution < -0.4 is 10.1 Å². The third-order valence-electron chi connectivity index (χ3n) is 3.96. The first-order valence-electron chi connectivity index (χ1n) is 8.23. The van der Waals surface area contributed by atoms with E-state index in [2.05, 4.69) is 5.32 Å². The molecule has 0 saturated heterocycles. The number of benzene rings is 2. The average molecular weight is 361 g/mol. The Morgan fingerprint density at radius 3 is 2.46 bits per heavy atom. The van der Waals surface area contributed by atoms with Crippen LogP contribution in [0.4, 0.5) is 0 Å². The molecule has 0 amide bonds. The number of aliphatic hydroxyl groups excluding tert-OH is 1. The van der Waals surface area contributed by atoms with Gasteiger partial charge in [-0.2, -0.15) is 0 Å². The Morgan fingerprint density at radius 2 is 1.85 bits per heavy atom. The van der Waals surface area contributed by atoms with Crippen LogP contribution in [0, 0.1) is 0 Å². The Labute approximate surface area is 151 Å². The molecule has 0 spiro atoms. The van der Waals surface area contributed by atoms with Crippen LogP contribution in [0.25, 0.3) is 0 Å². The van der Waals surface area contributed by atoms with Crippen LogP contribution in [0.2, 0.25) is 0 Å². The molecule has 2 aromatic rings. The lowest BCUT2D eigenvalue weighted by atomic mass is 10.0. The van der Waals surface area contributed by atoms with Crippen molar-refractivity contribution in [2.45, 2.75) is 25.5 Å². The van der Waals surface area contributed by atoms with E-state index < -0.39 is 18.7 Å². The molecule has 0 saturated carbocycles. The summed E-state index contributed by atoms with van der Waals surface area (Å²) >= 11 is 0. The molecule has 0 heterocycles. The highest BCUT2D eigenvalue weighted by Gasteiger charge is 2.15. The number of aromatic hydroxyl groups is 2. The number of aliphatic hydroxyl groups is 1. The van der Waals surface area contributed by atoms with Crippen molar-refractivity contribution in [3.05, 3.63) is 53.6 Å². The molecule has 0 unspecified atom stereocenters. The van der Waals surface area contributed by atoms with Gasteiger partial charge in [0.05, 0.1) is 6.10 Å². The average Bonchev–Trinajstić information content (AvgIpc) is 2.60. The second kappa shape index (κ2) is 9.07. The largest absolute Gasteiger partial charge is 0.508 e. The molecule has 0 aliphatic heterocycles. The highest BCUT2D eigenvalue weighted by atomic mass is 16.5. The molecule has 2 aromatic carbocycles. The van der Waals surface area contributed by atoms with Gasteiger partial charge in [-0.15, -0.1) is 0 Å². The standard InChI is InChI=1S/C19H23NO6/c1-12(19(25)14-3-5-15(21)6-4-14)20-9-8-13-2-7-17(16(22)10-13)26-11-18(23)24/h2-7,10,12,19-22,25H,8-9,11H2,1H3,(H,23,24)/t12-,19-/m0/s1. The Bertz CT molecular complexity index is 731. The molecule has 0 fully saturated rings. The fourth-order valence-electron chi connectivity index (χ4n) is 2.50. The van der Waals surface area contributed by atoms with Crippen molar-refractivity contribution in [1.29, 1.82) is 0 Å². The minimum atomic E-state index is -1.11. The van der Waals surface area contributed by atoms with E-state index in [1.807, 2.05) is 6.92 Å². The second-order valence-electron chi connectivity index (χ2n) is 6.01. The lowest BCUT2D eigenvalue weighted by Crippen LogP contribution is -2.33. The van der Waals surface area contributed by atoms with Gasteiger partial charge < -0.3 is 30.5 Å². The predicted molar refractivity (Wildman–Crippen MR) is 95.5 cm³/mol. The van der Waals surface area contributed by atoms with Crippen LogP contribution in [0.1, 0.15) is 24.2 Å². The number of ether oxygens (including phenoxy) is 1. The van der Waals surface area contributed by atoms with Crippen LogP contribution >= 0.6 is 0 Å². The lowest BCUT2D eigenvalue weighted by Gasteiger charge is -2.21. The quantitative estimate of drug-likeness (QED) is 0.462. The van der Waals surface area contributed by atoms with Crippen molar-refractivity contribution in [3.8, 4) is 17.2 Å². The van der Waals surface area contributed by atoms with Gasteiger partial charge in [0.25, 0.3) is 0 Å². The molecule has 5 N–H and O–H groups in total. The van der Waals surface area contributed by atoms with E-state index in [1.165, 1.54) is 24.3 Å². The first kappa shape index (κ1) is 19.6. The van der Waals surface area contributed by atoms with Gasteiger partial charge in [-0.25, -0.2) is 4.79 Å². The van der Waals surface area contributed by atoms with Gasteiger partial charge in [0, 0.05) is 6.04 Å². The second-order valence-corrected chi connectivity index (χ2v) is 6.01. The number of carbonyl (C=O) groups is 1. The van der Waals surface area contributed by atoms with Gasteiger partial charge >= 0.3 is 5.97 Å². The summed E-state index contributed by atoms with van der Waals surface area (Å²) in [5.41, 5.74) is 1.56. The van der Waals surface area contributed by atoms with Crippen molar-refractivity contribution in [1.82, 2.24) is 5.32 Å². The van der Waals surface area contributed by atoms with Gasteiger partial charge in [0.1, 0.15) is 5.75 Å². The van der Waals surface area contributed by atoms with Gasteiger partial charge in [0.2, 0.25) is 0 Å². The summed E-state index contributed by atoms with van der Waals surface area (Å²) in [4.78, 5) is 10.5. The predicted octanol–water partition coefficient (Wildman–Crippen LogP) is 1.82. The first-order valence-corrected chi connectivity index (χ1v) is 8.23. The summed E-state index contributed by atoms with van der Waals surface area (Å²) < 4.78 is 4.97. The Kier molecular flexibility index (Phi) is 6.82. The maximum absolute atomic E-state index is 10.5. The number of rotatable bonds is 9. The van der Waals surface area contributed by atoms with E-state index in [0.717, 1.165) is 5.56 Å². The summed E-state index contributed by atoms with van der Waals surface area (Å²) in [6.07, 6.45) is -0.102. The zero-order valence-corrected chi connectivity index (χ0v) is 14.4. The van der Waals surface area contributed by atoms with E-state index in [-0.39, 0.29) is 23.3 Å². The molecule has 0 bridgehead atoms. The molecule has 0 aliphatic rings. The molecule has 26 heavy (non-hydrogen) atoms. The molecule has 2 rings (SSSR count). The van der Waals surface area contributed by atoms with Crippen LogP contribution in [0.5, 0.6) is 17.2 Å². The van der Waals surface area contributed by atoms with E-state index in [4.69, 9.17) is 9.84 Å². The highest BCUT2D eigenvalue weighted by molar-refractivity contribution is 5.68. The zero-order valence-electron chi connectivity index (χ0n) is 14.4. The summed E-state index contributed by atoms with van der Waals surface area (Å²) in [5, 5.41) is 41.3. The minimum absolute atomic E-state index is 0.110. The lowest BCUT2D eigenvalue weighted by molar-refractivity contribution is -0.139. The van der Waals surface area contributed by atoms with Crippen LogP contribution in [0.15, 0.2) is 42.5 Å². The highest BCUT2D eigenvalue weighted by Crippen LogP contribution is 2.27. The number of nitrogens with one attached hydrogen (secondary N) is 1.